The summed E-state index contributed by atoms with van der Waals surface area (Å²) in [5, 5.41) is 0. The predicted molar refractivity (Wildman–Crippen MR) is 38.7 cm³/mol. The second-order valence-electron chi connectivity index (χ2n) is 2.48. The van der Waals surface area contributed by atoms with Gasteiger partial charge in [0, 0.05) is 12.1 Å². The van der Waals surface area contributed by atoms with Crippen molar-refractivity contribution in [2.24, 2.45) is 5.73 Å². The number of hydrogen-bond acceptors (Lipinski definition) is 3. The van der Waals surface area contributed by atoms with Crippen LogP contribution in [0.15, 0.2) is 6.07 Å². The van der Waals surface area contributed by atoms with Gasteiger partial charge in [-0.1, -0.05) is 0 Å². The van der Waals surface area contributed by atoms with Gasteiger partial charge >= 0.3 is 6.36 Å². The first-order valence-corrected chi connectivity index (χ1v) is 3.64. The molecular weight excluding hydrogens is 223 g/mol. The number of ether oxygens (including phenoxy) is 1. The molecule has 1 rings (SSSR count). The maximum Gasteiger partial charge on any atom is 0.574 e. The van der Waals surface area contributed by atoms with Gasteiger partial charge in [0.15, 0.2) is 5.82 Å². The number of halogens is 5. The first-order valence-electron chi connectivity index (χ1n) is 3.64. The SMILES string of the molecule is NCc1cc(F)c(OC(F)(F)F)nc1F. The summed E-state index contributed by atoms with van der Waals surface area (Å²) in [6.07, 6.45) is -5.12. The van der Waals surface area contributed by atoms with Crippen LogP contribution in [0.1, 0.15) is 5.56 Å². The molecule has 0 aliphatic rings. The van der Waals surface area contributed by atoms with E-state index >= 15 is 0 Å². The fourth-order valence-electron chi connectivity index (χ4n) is 0.813. The first-order chi connectivity index (χ1) is 6.83. The van der Waals surface area contributed by atoms with Crippen molar-refractivity contribution >= 4 is 0 Å². The van der Waals surface area contributed by atoms with Crippen molar-refractivity contribution in [2.75, 3.05) is 0 Å². The Labute approximate surface area is 80.7 Å². The Balaban J connectivity index is 3.05. The summed E-state index contributed by atoms with van der Waals surface area (Å²) in [7, 11) is 0. The number of pyridine rings is 1. The highest BCUT2D eigenvalue weighted by Gasteiger charge is 2.33. The summed E-state index contributed by atoms with van der Waals surface area (Å²) >= 11 is 0. The van der Waals surface area contributed by atoms with E-state index in [0.29, 0.717) is 6.07 Å². The van der Waals surface area contributed by atoms with Crippen LogP contribution in [0, 0.1) is 11.8 Å². The van der Waals surface area contributed by atoms with Crippen molar-refractivity contribution in [2.45, 2.75) is 12.9 Å². The molecule has 3 nitrogen and oxygen atoms in total. The maximum atomic E-state index is 12.8. The van der Waals surface area contributed by atoms with Crippen molar-refractivity contribution < 1.29 is 26.7 Å². The van der Waals surface area contributed by atoms with Gasteiger partial charge in [0.1, 0.15) is 0 Å². The van der Waals surface area contributed by atoms with Gasteiger partial charge in [0.2, 0.25) is 5.95 Å². The summed E-state index contributed by atoms with van der Waals surface area (Å²) in [6, 6.07) is 0.503. The van der Waals surface area contributed by atoms with Gasteiger partial charge in [0.25, 0.3) is 5.88 Å². The molecule has 8 heteroatoms. The van der Waals surface area contributed by atoms with Gasteiger partial charge in [-0.05, 0) is 6.07 Å². The van der Waals surface area contributed by atoms with Gasteiger partial charge in [-0.3, -0.25) is 0 Å². The number of nitrogens with zero attached hydrogens (tertiary/aromatic N) is 1. The summed E-state index contributed by atoms with van der Waals surface area (Å²) in [5.41, 5.74) is 4.66. The third-order valence-corrected chi connectivity index (χ3v) is 1.40. The van der Waals surface area contributed by atoms with Crippen LogP contribution >= 0.6 is 0 Å². The quantitative estimate of drug-likeness (QED) is 0.619. The van der Waals surface area contributed by atoms with Crippen molar-refractivity contribution in [1.82, 2.24) is 4.98 Å². The van der Waals surface area contributed by atoms with Gasteiger partial charge in [-0.25, -0.2) is 4.39 Å². The Morgan fingerprint density at radius 3 is 2.40 bits per heavy atom. The third-order valence-electron chi connectivity index (χ3n) is 1.40. The van der Waals surface area contributed by atoms with Crippen LogP contribution in [0.25, 0.3) is 0 Å². The van der Waals surface area contributed by atoms with E-state index in [2.05, 4.69) is 9.72 Å². The highest BCUT2D eigenvalue weighted by molar-refractivity contribution is 5.21. The van der Waals surface area contributed by atoms with Crippen molar-refractivity contribution in [3.63, 3.8) is 0 Å². The van der Waals surface area contributed by atoms with Crippen LogP contribution in [0.2, 0.25) is 0 Å². The molecule has 0 spiro atoms. The molecule has 0 aliphatic carbocycles. The molecule has 0 unspecified atom stereocenters. The second kappa shape index (κ2) is 3.97. The fourth-order valence-corrected chi connectivity index (χ4v) is 0.813. The Hall–Kier alpha value is -1.44. The molecule has 15 heavy (non-hydrogen) atoms. The van der Waals surface area contributed by atoms with Gasteiger partial charge in [-0.15, -0.1) is 13.2 Å². The summed E-state index contributed by atoms with van der Waals surface area (Å²) in [5.74, 6) is -4.18. The van der Waals surface area contributed by atoms with E-state index in [1.54, 1.807) is 0 Å². The lowest BCUT2D eigenvalue weighted by atomic mass is 10.3. The number of nitrogens with two attached hydrogens (primary N) is 1. The zero-order valence-electron chi connectivity index (χ0n) is 7.11. The topological polar surface area (TPSA) is 48.1 Å². The third kappa shape index (κ3) is 3.01. The zero-order chi connectivity index (χ0) is 11.6. The lowest BCUT2D eigenvalue weighted by Gasteiger charge is -2.09. The minimum Gasteiger partial charge on any atom is -0.385 e. The average molecular weight is 228 g/mol. The number of alkyl halides is 3. The minimum absolute atomic E-state index is 0.331. The normalized spacial score (nSPS) is 11.6. The van der Waals surface area contributed by atoms with Gasteiger partial charge in [0.05, 0.1) is 0 Å². The maximum absolute atomic E-state index is 12.8. The summed E-state index contributed by atoms with van der Waals surface area (Å²) in [6.45, 7) is -0.373. The lowest BCUT2D eigenvalue weighted by Crippen LogP contribution is -2.19. The summed E-state index contributed by atoms with van der Waals surface area (Å²) < 4.78 is 63.8. The molecule has 0 saturated carbocycles. The van der Waals surface area contributed by atoms with Crippen LogP contribution < -0.4 is 10.5 Å². The summed E-state index contributed by atoms with van der Waals surface area (Å²) in [4.78, 5) is 2.66. The molecule has 1 aromatic heterocycles. The van der Waals surface area contributed by atoms with Crippen LogP contribution in [0.4, 0.5) is 22.0 Å². The lowest BCUT2D eigenvalue weighted by molar-refractivity contribution is -0.277. The van der Waals surface area contributed by atoms with E-state index in [1.807, 2.05) is 0 Å². The number of rotatable bonds is 2. The van der Waals surface area contributed by atoms with Crippen molar-refractivity contribution in [3.05, 3.63) is 23.4 Å². The largest absolute Gasteiger partial charge is 0.574 e. The zero-order valence-corrected chi connectivity index (χ0v) is 7.11. The van der Waals surface area contributed by atoms with Crippen LogP contribution in [0.3, 0.4) is 0 Å². The fraction of sp³-hybridized carbons (Fsp3) is 0.286. The van der Waals surface area contributed by atoms with Crippen LogP contribution in [-0.2, 0) is 6.54 Å². The Morgan fingerprint density at radius 1 is 1.33 bits per heavy atom. The van der Waals surface area contributed by atoms with Crippen LogP contribution in [-0.4, -0.2) is 11.3 Å². The highest BCUT2D eigenvalue weighted by atomic mass is 19.4. The Kier molecular flexibility index (Phi) is 3.08. The minimum atomic E-state index is -5.12. The van der Waals surface area contributed by atoms with Crippen LogP contribution in [0.5, 0.6) is 5.88 Å². The van der Waals surface area contributed by atoms with Crippen molar-refractivity contribution in [1.29, 1.82) is 0 Å². The molecule has 0 aliphatic heterocycles. The van der Waals surface area contributed by atoms with E-state index in [0.717, 1.165) is 0 Å². The molecule has 0 aromatic carbocycles. The molecule has 0 radical (unpaired) electrons. The van der Waals surface area contributed by atoms with E-state index < -0.39 is 24.0 Å². The highest BCUT2D eigenvalue weighted by Crippen LogP contribution is 2.24. The van der Waals surface area contributed by atoms with E-state index in [-0.39, 0.29) is 12.1 Å². The van der Waals surface area contributed by atoms with E-state index in [1.165, 1.54) is 0 Å². The molecule has 1 aromatic rings. The van der Waals surface area contributed by atoms with E-state index in [4.69, 9.17) is 5.73 Å². The average Bonchev–Trinajstić information content (AvgIpc) is 2.08. The standard InChI is InChI=1S/C7H5F5N2O/c8-4-1-3(2-13)5(9)14-6(4)15-7(10,11)12/h1H,2,13H2. The van der Waals surface area contributed by atoms with Gasteiger partial charge in [-0.2, -0.15) is 9.37 Å². The predicted octanol–water partition coefficient (Wildman–Crippen LogP) is 1.72. The molecule has 1 heterocycles. The smallest absolute Gasteiger partial charge is 0.385 e. The van der Waals surface area contributed by atoms with E-state index in [9.17, 15) is 22.0 Å². The Bertz CT molecular complexity index is 365. The molecule has 0 fully saturated rings. The second-order valence-corrected chi connectivity index (χ2v) is 2.48. The molecule has 0 atom stereocenters. The first kappa shape index (κ1) is 11.6. The molecule has 0 saturated heterocycles. The molecule has 0 bridgehead atoms. The molecule has 0 amide bonds. The molecule has 84 valence electrons. The molecular formula is C7H5F5N2O. The number of hydrogen-bond donors (Lipinski definition) is 1. The van der Waals surface area contributed by atoms with Crippen molar-refractivity contribution in [3.8, 4) is 5.88 Å². The molecule has 2 N–H and O–H groups in total. The van der Waals surface area contributed by atoms with Gasteiger partial charge < -0.3 is 10.5 Å². The Morgan fingerprint density at radius 2 is 1.93 bits per heavy atom. The monoisotopic (exact) mass is 228 g/mol. The number of aromatic nitrogens is 1.